The van der Waals surface area contributed by atoms with Crippen molar-refractivity contribution in [1.29, 1.82) is 0 Å². The number of benzene rings is 2. The van der Waals surface area contributed by atoms with Gasteiger partial charge in [0.05, 0.1) is 6.61 Å². The van der Waals surface area contributed by atoms with Crippen LogP contribution >= 0.6 is 0 Å². The van der Waals surface area contributed by atoms with E-state index in [4.69, 9.17) is 4.74 Å². The van der Waals surface area contributed by atoms with Gasteiger partial charge < -0.3 is 14.9 Å². The number of phenolic OH excluding ortho intramolecular Hbond substituents is 2. The number of hydrogen-bond acceptors (Lipinski definition) is 4. The van der Waals surface area contributed by atoms with Gasteiger partial charge in [0.2, 0.25) is 0 Å². The average Bonchev–Trinajstić information content (AvgIpc) is 3.19. The highest BCUT2D eigenvalue weighted by atomic mass is 16.5. The number of hydrogen-bond donors (Lipinski definition) is 2. The maximum absolute atomic E-state index is 13.3. The first-order valence-electron chi connectivity index (χ1n) is 23.6. The maximum atomic E-state index is 13.3. The van der Waals surface area contributed by atoms with Crippen molar-refractivity contribution in [3.05, 3.63) is 59.7 Å². The van der Waals surface area contributed by atoms with E-state index in [9.17, 15) is 15.0 Å². The number of esters is 1. The van der Waals surface area contributed by atoms with Crippen molar-refractivity contribution in [3.63, 3.8) is 0 Å². The molecule has 0 radical (unpaired) electrons. The Morgan fingerprint density at radius 1 is 0.491 bits per heavy atom. The van der Waals surface area contributed by atoms with Gasteiger partial charge in [-0.1, -0.05) is 225 Å². The number of aromatic hydroxyl groups is 2. The minimum Gasteiger partial charge on any atom is -0.508 e. The second-order valence-electron chi connectivity index (χ2n) is 17.2. The van der Waals surface area contributed by atoms with E-state index in [-0.39, 0.29) is 17.5 Å². The van der Waals surface area contributed by atoms with Crippen molar-refractivity contribution >= 4 is 5.97 Å². The van der Waals surface area contributed by atoms with E-state index in [0.717, 1.165) is 24.0 Å². The molecule has 2 aromatic rings. The van der Waals surface area contributed by atoms with E-state index in [1.165, 1.54) is 180 Å². The van der Waals surface area contributed by atoms with Crippen LogP contribution in [0.25, 0.3) is 0 Å². The van der Waals surface area contributed by atoms with Crippen LogP contribution in [0, 0.1) is 5.92 Å². The molecule has 2 rings (SSSR count). The molecule has 4 nitrogen and oxygen atoms in total. The molecule has 0 saturated heterocycles. The van der Waals surface area contributed by atoms with Crippen LogP contribution in [0.15, 0.2) is 48.5 Å². The van der Waals surface area contributed by atoms with Crippen molar-refractivity contribution in [3.8, 4) is 11.5 Å². The van der Waals surface area contributed by atoms with Gasteiger partial charge in [-0.25, -0.2) is 0 Å². The number of phenols is 2. The van der Waals surface area contributed by atoms with Gasteiger partial charge in [-0.15, -0.1) is 0 Å². The lowest BCUT2D eigenvalue weighted by molar-refractivity contribution is -0.145. The Balaban J connectivity index is 1.75. The van der Waals surface area contributed by atoms with Gasteiger partial charge in [0.15, 0.2) is 0 Å². The summed E-state index contributed by atoms with van der Waals surface area (Å²) in [4.78, 5) is 13.3. The SMILES string of the molecule is CCCCCCCCCCCCCCCCC(CCCCCCCCCCCCCCCC)COC(=O)CCC(C)(c1ccc(O)cc1)c1ccc(O)cc1. The van der Waals surface area contributed by atoms with Crippen molar-refractivity contribution in [2.45, 2.75) is 232 Å². The van der Waals surface area contributed by atoms with Gasteiger partial charge in [-0.05, 0) is 60.6 Å². The zero-order valence-corrected chi connectivity index (χ0v) is 36.2. The molecule has 2 N–H and O–H groups in total. The van der Waals surface area contributed by atoms with Crippen molar-refractivity contribution in [2.75, 3.05) is 6.61 Å². The van der Waals surface area contributed by atoms with Crippen LogP contribution in [0.4, 0.5) is 0 Å². The van der Waals surface area contributed by atoms with E-state index < -0.39 is 5.41 Å². The van der Waals surface area contributed by atoms with Crippen LogP contribution in [-0.4, -0.2) is 22.8 Å². The number of carbonyl (C=O) groups is 1. The third-order valence-electron chi connectivity index (χ3n) is 12.2. The Morgan fingerprint density at radius 3 is 1.09 bits per heavy atom. The molecule has 4 heteroatoms. The minimum atomic E-state index is -0.456. The summed E-state index contributed by atoms with van der Waals surface area (Å²) in [5.74, 6) is 0.759. The lowest BCUT2D eigenvalue weighted by atomic mass is 9.73. The first-order valence-corrected chi connectivity index (χ1v) is 23.6. The van der Waals surface area contributed by atoms with E-state index >= 15 is 0 Å². The predicted octanol–water partition coefficient (Wildman–Crippen LogP) is 16.1. The summed E-state index contributed by atoms with van der Waals surface area (Å²) in [6.45, 7) is 7.24. The zero-order valence-electron chi connectivity index (χ0n) is 36.2. The van der Waals surface area contributed by atoms with Gasteiger partial charge in [-0.3, -0.25) is 4.79 Å². The molecule has 55 heavy (non-hydrogen) atoms. The third-order valence-corrected chi connectivity index (χ3v) is 12.2. The summed E-state index contributed by atoms with van der Waals surface area (Å²) in [5.41, 5.74) is 1.59. The van der Waals surface area contributed by atoms with E-state index in [0.29, 0.717) is 25.4 Å². The Bertz CT molecular complexity index is 1080. The fourth-order valence-corrected chi connectivity index (χ4v) is 8.32. The minimum absolute atomic E-state index is 0.129. The monoisotopic (exact) mass is 763 g/mol. The molecule has 0 unspecified atom stereocenters. The fraction of sp³-hybridized carbons (Fsp3) is 0.745. The van der Waals surface area contributed by atoms with Crippen molar-refractivity contribution in [1.82, 2.24) is 0 Å². The highest BCUT2D eigenvalue weighted by Gasteiger charge is 2.30. The van der Waals surface area contributed by atoms with Crippen molar-refractivity contribution < 1.29 is 19.7 Å². The van der Waals surface area contributed by atoms with E-state index in [2.05, 4.69) is 20.8 Å². The first-order chi connectivity index (χ1) is 26.9. The maximum Gasteiger partial charge on any atom is 0.305 e. The lowest BCUT2D eigenvalue weighted by Crippen LogP contribution is -2.25. The number of ether oxygens (including phenoxy) is 1. The lowest BCUT2D eigenvalue weighted by Gasteiger charge is -2.31. The van der Waals surface area contributed by atoms with Gasteiger partial charge in [-0.2, -0.15) is 0 Å². The molecule has 0 aliphatic carbocycles. The molecule has 0 aliphatic rings. The molecule has 0 atom stereocenters. The van der Waals surface area contributed by atoms with E-state index in [1.807, 2.05) is 24.3 Å². The normalized spacial score (nSPS) is 11.8. The molecule has 0 heterocycles. The van der Waals surface area contributed by atoms with Crippen molar-refractivity contribution in [2.24, 2.45) is 5.92 Å². The highest BCUT2D eigenvalue weighted by molar-refractivity contribution is 5.69. The van der Waals surface area contributed by atoms with Crippen LogP contribution in [0.1, 0.15) is 237 Å². The fourth-order valence-electron chi connectivity index (χ4n) is 8.32. The molecule has 0 saturated carbocycles. The second kappa shape index (κ2) is 32.6. The Hall–Kier alpha value is -2.49. The summed E-state index contributed by atoms with van der Waals surface area (Å²) >= 11 is 0. The molecule has 0 fully saturated rings. The predicted molar refractivity (Wildman–Crippen MR) is 236 cm³/mol. The van der Waals surface area contributed by atoms with Crippen LogP contribution in [0.2, 0.25) is 0 Å². The van der Waals surface area contributed by atoms with Gasteiger partial charge >= 0.3 is 5.97 Å². The summed E-state index contributed by atoms with van der Waals surface area (Å²) < 4.78 is 6.03. The molecule has 0 aliphatic heterocycles. The molecule has 0 amide bonds. The van der Waals surface area contributed by atoms with Gasteiger partial charge in [0, 0.05) is 11.8 Å². The largest absolute Gasteiger partial charge is 0.508 e. The zero-order chi connectivity index (χ0) is 39.7. The Morgan fingerprint density at radius 2 is 0.782 bits per heavy atom. The van der Waals surface area contributed by atoms with Crippen LogP contribution in [0.5, 0.6) is 11.5 Å². The van der Waals surface area contributed by atoms with Crippen LogP contribution in [0.3, 0.4) is 0 Å². The topological polar surface area (TPSA) is 66.8 Å². The Kier molecular flexibility index (Phi) is 28.8. The summed E-state index contributed by atoms with van der Waals surface area (Å²) in [6.07, 6.45) is 41.7. The quantitative estimate of drug-likeness (QED) is 0.0531. The molecule has 314 valence electrons. The molecule has 0 bridgehead atoms. The summed E-state index contributed by atoms with van der Waals surface area (Å²) in [6, 6.07) is 14.5. The smallest absolute Gasteiger partial charge is 0.305 e. The number of rotatable bonds is 37. The molecular weight excluding hydrogens is 677 g/mol. The third kappa shape index (κ3) is 24.0. The molecular formula is C51H86O4. The molecule has 0 aromatic heterocycles. The summed E-state index contributed by atoms with van der Waals surface area (Å²) in [5, 5.41) is 19.8. The Labute approximate surface area is 340 Å². The molecule has 0 spiro atoms. The van der Waals surface area contributed by atoms with Gasteiger partial charge in [0.25, 0.3) is 0 Å². The van der Waals surface area contributed by atoms with Crippen LogP contribution < -0.4 is 0 Å². The highest BCUT2D eigenvalue weighted by Crippen LogP contribution is 2.38. The van der Waals surface area contributed by atoms with Gasteiger partial charge in [0.1, 0.15) is 11.5 Å². The van der Waals surface area contributed by atoms with Crippen LogP contribution in [-0.2, 0) is 14.9 Å². The standard InChI is InChI=1S/C51H86O4/c1-4-6-8-10-12-14-16-18-20-22-24-26-28-30-32-45(33-31-29-27-25-23-21-19-17-15-13-11-9-7-5-2)44-55-50(54)42-43-51(3,46-34-38-48(52)39-35-46)47-36-40-49(53)41-37-47/h34-41,45,52-53H,4-33,42-44H2,1-3H3. The number of unbranched alkanes of at least 4 members (excludes halogenated alkanes) is 26. The number of carbonyl (C=O) groups excluding carboxylic acids is 1. The molecule has 2 aromatic carbocycles. The first kappa shape index (κ1) is 48.7. The second-order valence-corrected chi connectivity index (χ2v) is 17.2. The average molecular weight is 763 g/mol. The van der Waals surface area contributed by atoms with E-state index in [1.54, 1.807) is 24.3 Å². The summed E-state index contributed by atoms with van der Waals surface area (Å²) in [7, 11) is 0.